The monoisotopic (exact) mass is 461 g/mol. The summed E-state index contributed by atoms with van der Waals surface area (Å²) >= 11 is 0. The van der Waals surface area contributed by atoms with Gasteiger partial charge in [0.1, 0.15) is 12.4 Å². The number of hydrogen-bond donors (Lipinski definition) is 4. The van der Waals surface area contributed by atoms with E-state index in [-0.39, 0.29) is 29.3 Å². The lowest BCUT2D eigenvalue weighted by molar-refractivity contribution is 0.1000. The van der Waals surface area contributed by atoms with Gasteiger partial charge in [-0.25, -0.2) is 18.2 Å². The number of hydrogen-bond acceptors (Lipinski definition) is 6. The van der Waals surface area contributed by atoms with Crippen LogP contribution >= 0.6 is 0 Å². The number of primary amides is 1. The van der Waals surface area contributed by atoms with E-state index in [0.717, 1.165) is 31.7 Å². The lowest BCUT2D eigenvalue weighted by Gasteiger charge is -2.30. The van der Waals surface area contributed by atoms with Gasteiger partial charge < -0.3 is 22.1 Å². The van der Waals surface area contributed by atoms with Crippen LogP contribution in [-0.4, -0.2) is 39.2 Å². The largest absolute Gasteiger partial charge is 0.365 e. The Morgan fingerprint density at radius 3 is 2.70 bits per heavy atom. The van der Waals surface area contributed by atoms with Gasteiger partial charge in [0.15, 0.2) is 11.6 Å². The van der Waals surface area contributed by atoms with Crippen molar-refractivity contribution in [1.82, 2.24) is 14.8 Å². The van der Waals surface area contributed by atoms with Crippen LogP contribution in [0, 0.1) is 12.7 Å². The summed E-state index contributed by atoms with van der Waals surface area (Å²) in [5.41, 5.74) is 13.1. The number of anilines is 3. The summed E-state index contributed by atoms with van der Waals surface area (Å²) in [5, 5.41) is 10.9. The van der Waals surface area contributed by atoms with Gasteiger partial charge >= 0.3 is 0 Å². The van der Waals surface area contributed by atoms with Crippen LogP contribution in [0.25, 0.3) is 10.9 Å². The quantitative estimate of drug-likeness (QED) is 0.426. The molecule has 4 rings (SSSR count). The van der Waals surface area contributed by atoms with Crippen LogP contribution in [0.5, 0.6) is 0 Å². The Labute approximate surface area is 188 Å². The number of aromatic nitrogens is 3. The van der Waals surface area contributed by atoms with Gasteiger partial charge in [0.25, 0.3) is 12.3 Å². The van der Waals surface area contributed by atoms with E-state index in [4.69, 9.17) is 11.5 Å². The number of pyridine rings is 1. The van der Waals surface area contributed by atoms with Crippen molar-refractivity contribution in [2.75, 3.05) is 10.6 Å². The average molecular weight is 461 g/mol. The second-order valence-electron chi connectivity index (χ2n) is 8.29. The van der Waals surface area contributed by atoms with Crippen molar-refractivity contribution in [1.29, 1.82) is 0 Å². The zero-order chi connectivity index (χ0) is 23.7. The molecule has 6 N–H and O–H groups in total. The van der Waals surface area contributed by atoms with Crippen molar-refractivity contribution < 1.29 is 18.0 Å². The second-order valence-corrected chi connectivity index (χ2v) is 8.29. The fourth-order valence-corrected chi connectivity index (χ4v) is 4.21. The molecule has 1 aliphatic carbocycles. The first-order chi connectivity index (χ1) is 15.7. The molecular formula is C22H26F3N7O. The van der Waals surface area contributed by atoms with E-state index in [1.165, 1.54) is 4.68 Å². The summed E-state index contributed by atoms with van der Waals surface area (Å²) in [7, 11) is 0. The zero-order valence-corrected chi connectivity index (χ0v) is 18.1. The van der Waals surface area contributed by atoms with Crippen molar-refractivity contribution in [3.05, 3.63) is 41.3 Å². The number of halogens is 3. The number of rotatable bonds is 7. The molecule has 0 bridgehead atoms. The van der Waals surface area contributed by atoms with E-state index in [9.17, 15) is 18.0 Å². The van der Waals surface area contributed by atoms with E-state index in [1.807, 2.05) is 0 Å². The van der Waals surface area contributed by atoms with Gasteiger partial charge in [0, 0.05) is 23.2 Å². The number of fused-ring (bicyclic) bond motifs is 1. The molecule has 3 aromatic rings. The fraction of sp³-hybridized carbons (Fsp3) is 0.409. The van der Waals surface area contributed by atoms with Gasteiger partial charge in [-0.15, -0.1) is 0 Å². The minimum Gasteiger partial charge on any atom is -0.365 e. The minimum absolute atomic E-state index is 0.0214. The number of carbonyl (C=O) groups excluding carboxylic acids is 1. The normalized spacial score (nSPS) is 18.6. The predicted molar refractivity (Wildman–Crippen MR) is 120 cm³/mol. The smallest absolute Gasteiger partial charge is 0.257 e. The lowest BCUT2D eigenvalue weighted by atomic mass is 9.91. The molecule has 1 fully saturated rings. The Morgan fingerprint density at radius 2 is 2.00 bits per heavy atom. The first-order valence-corrected chi connectivity index (χ1v) is 10.8. The number of carbonyl (C=O) groups is 1. The Hall–Kier alpha value is -3.34. The number of benzene rings is 1. The number of nitrogens with zero attached hydrogens (tertiary/aromatic N) is 3. The topological polar surface area (TPSA) is 124 Å². The third kappa shape index (κ3) is 4.87. The van der Waals surface area contributed by atoms with Crippen LogP contribution in [0.15, 0.2) is 24.3 Å². The summed E-state index contributed by atoms with van der Waals surface area (Å²) in [6.45, 7) is 1.20. The molecule has 176 valence electrons. The molecular weight excluding hydrogens is 435 g/mol. The van der Waals surface area contributed by atoms with Crippen LogP contribution in [0.1, 0.15) is 41.7 Å². The third-order valence-corrected chi connectivity index (χ3v) is 5.89. The Bertz CT molecular complexity index is 1180. The molecule has 1 aliphatic rings. The predicted octanol–water partition coefficient (Wildman–Crippen LogP) is 3.67. The molecule has 1 saturated carbocycles. The van der Waals surface area contributed by atoms with Crippen molar-refractivity contribution >= 4 is 34.1 Å². The number of nitrogens with one attached hydrogen (secondary N) is 2. The molecule has 2 aromatic heterocycles. The molecule has 8 nitrogen and oxygen atoms in total. The maximum atomic E-state index is 14.7. The maximum absolute atomic E-state index is 14.7. The third-order valence-electron chi connectivity index (χ3n) is 5.89. The van der Waals surface area contributed by atoms with Crippen LogP contribution < -0.4 is 22.1 Å². The average Bonchev–Trinajstić information content (AvgIpc) is 3.05. The Morgan fingerprint density at radius 1 is 1.24 bits per heavy atom. The summed E-state index contributed by atoms with van der Waals surface area (Å²) < 4.78 is 41.6. The van der Waals surface area contributed by atoms with Crippen LogP contribution in [0.3, 0.4) is 0 Å². The van der Waals surface area contributed by atoms with Gasteiger partial charge in [-0.2, -0.15) is 5.10 Å². The number of amides is 1. The highest BCUT2D eigenvalue weighted by molar-refractivity contribution is 5.99. The molecule has 1 aromatic carbocycles. The fourth-order valence-electron chi connectivity index (χ4n) is 4.21. The second kappa shape index (κ2) is 9.26. The van der Waals surface area contributed by atoms with Crippen molar-refractivity contribution in [2.45, 2.75) is 57.7 Å². The standard InChI is InChI=1S/C22H26F3N7O/c1-11-13-8-12(6-7-18(13)32(31-11)10-19(24)25)28-21-14(20(27)33)9-15(23)22(30-21)29-17-5-3-2-4-16(17)26/h6-9,16-17,19H,2-5,10,26H2,1H3,(H2,27,33)(H2,28,29,30). The summed E-state index contributed by atoms with van der Waals surface area (Å²) in [6, 6.07) is 5.78. The molecule has 1 amide bonds. The van der Waals surface area contributed by atoms with Crippen molar-refractivity contribution in [3.63, 3.8) is 0 Å². The molecule has 0 saturated heterocycles. The number of alkyl halides is 2. The van der Waals surface area contributed by atoms with Gasteiger partial charge in [-0.3, -0.25) is 9.48 Å². The van der Waals surface area contributed by atoms with Crippen LogP contribution in [-0.2, 0) is 6.54 Å². The SMILES string of the molecule is Cc1nn(CC(F)F)c2ccc(Nc3nc(NC4CCCCC4N)c(F)cc3C(N)=O)cc12. The van der Waals surface area contributed by atoms with E-state index in [1.54, 1.807) is 25.1 Å². The minimum atomic E-state index is -2.53. The maximum Gasteiger partial charge on any atom is 0.257 e. The van der Waals surface area contributed by atoms with Crippen molar-refractivity contribution in [3.8, 4) is 0 Å². The summed E-state index contributed by atoms with van der Waals surface area (Å²) in [5.74, 6) is -1.49. The van der Waals surface area contributed by atoms with Gasteiger partial charge in [0.05, 0.1) is 16.8 Å². The van der Waals surface area contributed by atoms with E-state index in [0.29, 0.717) is 22.3 Å². The molecule has 2 unspecified atom stereocenters. The van der Waals surface area contributed by atoms with Crippen LogP contribution in [0.2, 0.25) is 0 Å². The van der Waals surface area contributed by atoms with E-state index < -0.39 is 24.7 Å². The van der Waals surface area contributed by atoms with Gasteiger partial charge in [-0.05, 0) is 44.0 Å². The van der Waals surface area contributed by atoms with Crippen molar-refractivity contribution in [2.24, 2.45) is 11.5 Å². The number of nitrogens with two attached hydrogens (primary N) is 2. The molecule has 0 aliphatic heterocycles. The Balaban J connectivity index is 1.66. The first kappa shape index (κ1) is 22.8. The molecule has 0 radical (unpaired) electrons. The molecule has 0 spiro atoms. The summed E-state index contributed by atoms with van der Waals surface area (Å²) in [6.07, 6.45) is 1.10. The highest BCUT2D eigenvalue weighted by Crippen LogP contribution is 2.29. The molecule has 2 atom stereocenters. The molecule has 2 heterocycles. The van der Waals surface area contributed by atoms with Crippen LogP contribution in [0.4, 0.5) is 30.5 Å². The highest BCUT2D eigenvalue weighted by Gasteiger charge is 2.24. The first-order valence-electron chi connectivity index (χ1n) is 10.8. The Kier molecular flexibility index (Phi) is 6.41. The van der Waals surface area contributed by atoms with Gasteiger partial charge in [-0.1, -0.05) is 12.8 Å². The van der Waals surface area contributed by atoms with E-state index in [2.05, 4.69) is 20.7 Å². The van der Waals surface area contributed by atoms with Gasteiger partial charge in [0.2, 0.25) is 0 Å². The molecule has 11 heteroatoms. The molecule has 33 heavy (non-hydrogen) atoms. The number of aryl methyl sites for hydroxylation is 1. The summed E-state index contributed by atoms with van der Waals surface area (Å²) in [4.78, 5) is 16.2. The highest BCUT2D eigenvalue weighted by atomic mass is 19.3. The zero-order valence-electron chi connectivity index (χ0n) is 18.1. The lowest BCUT2D eigenvalue weighted by Crippen LogP contribution is -2.43. The van der Waals surface area contributed by atoms with E-state index >= 15 is 0 Å².